The van der Waals surface area contributed by atoms with Crippen molar-refractivity contribution >= 4 is 18.2 Å². The molecule has 136 valence electrons. The number of amides is 1. The Balaban J connectivity index is 1.84. The number of pyridine rings is 1. The number of piperazine rings is 1. The van der Waals surface area contributed by atoms with Crippen molar-refractivity contribution in [3.05, 3.63) is 22.9 Å². The first-order chi connectivity index (χ1) is 11.7. The Bertz CT molecular complexity index is 702. The second-order valence-corrected chi connectivity index (χ2v) is 7.76. The summed E-state index contributed by atoms with van der Waals surface area (Å²) in [7, 11) is 0. The van der Waals surface area contributed by atoms with Crippen LogP contribution in [0.3, 0.4) is 0 Å². The topological polar surface area (TPSA) is 62.7 Å². The number of hydrogen-bond acceptors (Lipinski definition) is 5. The Kier molecular flexibility index (Phi) is 4.43. The third-order valence-electron chi connectivity index (χ3n) is 4.58. The van der Waals surface area contributed by atoms with Crippen LogP contribution in [-0.4, -0.2) is 53.0 Å². The number of carbonyl (C=O) groups excluding carboxylic acids is 2. The van der Waals surface area contributed by atoms with Crippen LogP contribution in [0.25, 0.3) is 0 Å². The number of ether oxygens (including phenoxy) is 1. The SMILES string of the molecule is C[C@@H]1CN(C(=O)OC(C)(C)C)C[C@H]2Cc3cc(C=O)c(CF)nc3N21. The summed E-state index contributed by atoms with van der Waals surface area (Å²) in [5, 5.41) is 0. The molecule has 0 bridgehead atoms. The average molecular weight is 349 g/mol. The Labute approximate surface area is 147 Å². The van der Waals surface area contributed by atoms with Gasteiger partial charge in [-0.3, -0.25) is 4.79 Å². The number of nitrogens with zero attached hydrogens (tertiary/aromatic N) is 3. The van der Waals surface area contributed by atoms with E-state index in [2.05, 4.69) is 9.88 Å². The average Bonchev–Trinajstić information content (AvgIpc) is 2.89. The van der Waals surface area contributed by atoms with Crippen LogP contribution in [-0.2, 0) is 17.8 Å². The van der Waals surface area contributed by atoms with Gasteiger partial charge in [-0.25, -0.2) is 14.2 Å². The predicted molar refractivity (Wildman–Crippen MR) is 91.7 cm³/mol. The highest BCUT2D eigenvalue weighted by atomic mass is 19.1. The number of aldehydes is 1. The van der Waals surface area contributed by atoms with Crippen molar-refractivity contribution in [2.45, 2.75) is 58.5 Å². The van der Waals surface area contributed by atoms with Crippen LogP contribution < -0.4 is 4.90 Å². The van der Waals surface area contributed by atoms with Gasteiger partial charge in [-0.05, 0) is 45.7 Å². The number of fused-ring (bicyclic) bond motifs is 3. The Morgan fingerprint density at radius 3 is 2.76 bits per heavy atom. The maximum absolute atomic E-state index is 13.2. The van der Waals surface area contributed by atoms with E-state index >= 15 is 0 Å². The highest BCUT2D eigenvalue weighted by Gasteiger charge is 2.41. The molecular weight excluding hydrogens is 325 g/mol. The molecule has 2 atom stereocenters. The van der Waals surface area contributed by atoms with Crippen molar-refractivity contribution in [3.8, 4) is 0 Å². The van der Waals surface area contributed by atoms with E-state index in [1.165, 1.54) is 0 Å². The van der Waals surface area contributed by atoms with Gasteiger partial charge in [-0.1, -0.05) is 0 Å². The van der Waals surface area contributed by atoms with Gasteiger partial charge in [0.15, 0.2) is 6.29 Å². The van der Waals surface area contributed by atoms with E-state index in [1.54, 1.807) is 11.0 Å². The number of halogens is 1. The van der Waals surface area contributed by atoms with Gasteiger partial charge in [0.2, 0.25) is 0 Å². The summed E-state index contributed by atoms with van der Waals surface area (Å²) < 4.78 is 18.7. The molecule has 0 saturated carbocycles. The highest BCUT2D eigenvalue weighted by molar-refractivity contribution is 5.78. The molecule has 7 heteroatoms. The first-order valence-corrected chi connectivity index (χ1v) is 8.53. The first kappa shape index (κ1) is 17.6. The number of carbonyl (C=O) groups is 2. The number of hydrogen-bond donors (Lipinski definition) is 0. The lowest BCUT2D eigenvalue weighted by atomic mass is 10.1. The van der Waals surface area contributed by atoms with Crippen molar-refractivity contribution in [2.24, 2.45) is 0 Å². The Morgan fingerprint density at radius 1 is 1.44 bits per heavy atom. The van der Waals surface area contributed by atoms with Gasteiger partial charge in [-0.15, -0.1) is 0 Å². The molecule has 0 aromatic carbocycles. The molecule has 2 aliphatic heterocycles. The molecule has 0 unspecified atom stereocenters. The molecule has 0 aliphatic carbocycles. The minimum atomic E-state index is -0.766. The summed E-state index contributed by atoms with van der Waals surface area (Å²) in [4.78, 5) is 31.8. The molecule has 1 aromatic heterocycles. The highest BCUT2D eigenvalue weighted by Crippen LogP contribution is 2.36. The lowest BCUT2D eigenvalue weighted by Gasteiger charge is -2.43. The molecule has 2 aliphatic rings. The van der Waals surface area contributed by atoms with Gasteiger partial charge in [-0.2, -0.15) is 0 Å². The van der Waals surface area contributed by atoms with Crippen LogP contribution in [0.4, 0.5) is 15.0 Å². The fraction of sp³-hybridized carbons (Fsp3) is 0.611. The Hall–Kier alpha value is -2.18. The van der Waals surface area contributed by atoms with Gasteiger partial charge in [0.1, 0.15) is 18.1 Å². The van der Waals surface area contributed by atoms with E-state index < -0.39 is 12.3 Å². The van der Waals surface area contributed by atoms with Crippen LogP contribution in [0, 0.1) is 0 Å². The van der Waals surface area contributed by atoms with Gasteiger partial charge in [0, 0.05) is 24.7 Å². The van der Waals surface area contributed by atoms with Crippen molar-refractivity contribution in [1.29, 1.82) is 0 Å². The smallest absolute Gasteiger partial charge is 0.410 e. The van der Waals surface area contributed by atoms with E-state index in [1.807, 2.05) is 27.7 Å². The molecule has 1 fully saturated rings. The molecule has 25 heavy (non-hydrogen) atoms. The van der Waals surface area contributed by atoms with Crippen molar-refractivity contribution in [2.75, 3.05) is 18.0 Å². The zero-order valence-electron chi connectivity index (χ0n) is 15.1. The molecule has 1 amide bonds. The van der Waals surface area contributed by atoms with Gasteiger partial charge in [0.25, 0.3) is 0 Å². The quantitative estimate of drug-likeness (QED) is 0.768. The van der Waals surface area contributed by atoms with E-state index in [0.29, 0.717) is 31.4 Å². The molecule has 0 N–H and O–H groups in total. The molecule has 1 saturated heterocycles. The van der Waals surface area contributed by atoms with Gasteiger partial charge < -0.3 is 14.5 Å². The summed E-state index contributed by atoms with van der Waals surface area (Å²) in [5.74, 6) is 0.736. The zero-order chi connectivity index (χ0) is 18.4. The van der Waals surface area contributed by atoms with Crippen LogP contribution in [0.1, 0.15) is 49.3 Å². The lowest BCUT2D eigenvalue weighted by molar-refractivity contribution is 0.0191. The van der Waals surface area contributed by atoms with Crippen LogP contribution >= 0.6 is 0 Å². The maximum Gasteiger partial charge on any atom is 0.410 e. The molecule has 3 heterocycles. The van der Waals surface area contributed by atoms with Crippen molar-refractivity contribution < 1.29 is 18.7 Å². The summed E-state index contributed by atoms with van der Waals surface area (Å²) in [6.07, 6.45) is 1.01. The summed E-state index contributed by atoms with van der Waals surface area (Å²) in [6, 6.07) is 1.83. The number of anilines is 1. The third kappa shape index (κ3) is 3.32. The van der Waals surface area contributed by atoms with E-state index in [4.69, 9.17) is 4.74 Å². The standard InChI is InChI=1S/C18H24FN3O3/c1-11-8-21(17(24)25-18(2,3)4)9-14-6-12-5-13(10-23)15(7-19)20-16(12)22(11)14/h5,10-11,14H,6-9H2,1-4H3/t11-,14-/m1/s1. The minimum absolute atomic E-state index is 0.0366. The van der Waals surface area contributed by atoms with Crippen molar-refractivity contribution in [3.63, 3.8) is 0 Å². The molecule has 0 spiro atoms. The fourth-order valence-corrected chi connectivity index (χ4v) is 3.64. The van der Waals surface area contributed by atoms with Gasteiger partial charge in [0.05, 0.1) is 11.7 Å². The second-order valence-electron chi connectivity index (χ2n) is 7.76. The summed E-state index contributed by atoms with van der Waals surface area (Å²) >= 11 is 0. The summed E-state index contributed by atoms with van der Waals surface area (Å²) in [6.45, 7) is 7.84. The molecular formula is C18H24FN3O3. The summed E-state index contributed by atoms with van der Waals surface area (Å²) in [5.41, 5.74) is 0.878. The van der Waals surface area contributed by atoms with E-state index in [9.17, 15) is 14.0 Å². The largest absolute Gasteiger partial charge is 0.444 e. The minimum Gasteiger partial charge on any atom is -0.444 e. The lowest BCUT2D eigenvalue weighted by Crippen LogP contribution is -2.58. The second kappa shape index (κ2) is 6.28. The Morgan fingerprint density at radius 2 is 2.16 bits per heavy atom. The molecule has 0 radical (unpaired) electrons. The molecule has 3 rings (SSSR count). The van der Waals surface area contributed by atoms with Crippen LogP contribution in [0.5, 0.6) is 0 Å². The fourth-order valence-electron chi connectivity index (χ4n) is 3.64. The first-order valence-electron chi connectivity index (χ1n) is 8.53. The van der Waals surface area contributed by atoms with Crippen molar-refractivity contribution in [1.82, 2.24) is 9.88 Å². The van der Waals surface area contributed by atoms with Crippen LogP contribution in [0.2, 0.25) is 0 Å². The van der Waals surface area contributed by atoms with Gasteiger partial charge >= 0.3 is 6.09 Å². The number of alkyl halides is 1. The number of rotatable bonds is 2. The molecule has 1 aromatic rings. The monoisotopic (exact) mass is 349 g/mol. The maximum atomic E-state index is 13.2. The predicted octanol–water partition coefficient (Wildman–Crippen LogP) is 2.73. The van der Waals surface area contributed by atoms with Crippen LogP contribution in [0.15, 0.2) is 6.07 Å². The van der Waals surface area contributed by atoms with E-state index in [-0.39, 0.29) is 23.9 Å². The van der Waals surface area contributed by atoms with E-state index in [0.717, 1.165) is 11.4 Å². The molecule has 6 nitrogen and oxygen atoms in total. The third-order valence-corrected chi connectivity index (χ3v) is 4.58. The number of aromatic nitrogens is 1. The normalized spacial score (nSPS) is 22.4. The zero-order valence-corrected chi connectivity index (χ0v) is 15.1.